The molecule has 0 aliphatic carbocycles. The minimum Gasteiger partial charge on any atom is -0.491 e. The molecule has 0 bridgehead atoms. The smallest absolute Gasteiger partial charge is 0.137 e. The predicted octanol–water partition coefficient (Wildman–Crippen LogP) is 3.12. The summed E-state index contributed by atoms with van der Waals surface area (Å²) >= 11 is 6.03. The van der Waals surface area contributed by atoms with Crippen LogP contribution in [-0.2, 0) is 4.74 Å². The van der Waals surface area contributed by atoms with E-state index in [0.29, 0.717) is 23.6 Å². The number of hydrogen-bond donors (Lipinski definition) is 1. The number of para-hydroxylation sites is 1. The first-order chi connectivity index (χ1) is 9.27. The van der Waals surface area contributed by atoms with E-state index in [0.717, 1.165) is 38.3 Å². The Balaban J connectivity index is 1.65. The van der Waals surface area contributed by atoms with Crippen LogP contribution in [0.5, 0.6) is 5.75 Å². The van der Waals surface area contributed by atoms with Gasteiger partial charge in [-0.2, -0.15) is 0 Å². The van der Waals surface area contributed by atoms with Crippen molar-refractivity contribution in [3.05, 3.63) is 29.3 Å². The molecule has 4 heteroatoms. The Hall–Kier alpha value is -0.770. The van der Waals surface area contributed by atoms with Gasteiger partial charge in [-0.25, -0.2) is 0 Å². The van der Waals surface area contributed by atoms with Crippen molar-refractivity contribution in [2.45, 2.75) is 25.8 Å². The van der Waals surface area contributed by atoms with Gasteiger partial charge in [0.05, 0.1) is 5.02 Å². The summed E-state index contributed by atoms with van der Waals surface area (Å²) in [5, 5.41) is 4.19. The van der Waals surface area contributed by atoms with Crippen LogP contribution >= 0.6 is 11.6 Å². The maximum absolute atomic E-state index is 6.03. The molecule has 1 aliphatic heterocycles. The number of ether oxygens (including phenoxy) is 2. The predicted molar refractivity (Wildman–Crippen MR) is 78.0 cm³/mol. The Labute approximate surface area is 120 Å². The van der Waals surface area contributed by atoms with Crippen LogP contribution in [0.15, 0.2) is 24.3 Å². The van der Waals surface area contributed by atoms with Crippen LogP contribution in [0.1, 0.15) is 19.8 Å². The highest BCUT2D eigenvalue weighted by atomic mass is 35.5. The number of rotatable bonds is 6. The van der Waals surface area contributed by atoms with Gasteiger partial charge < -0.3 is 14.8 Å². The molecule has 1 aliphatic rings. The van der Waals surface area contributed by atoms with Gasteiger partial charge in [-0.05, 0) is 37.8 Å². The van der Waals surface area contributed by atoms with E-state index in [1.54, 1.807) is 0 Å². The molecule has 1 atom stereocenters. The van der Waals surface area contributed by atoms with Crippen LogP contribution in [-0.4, -0.2) is 32.4 Å². The summed E-state index contributed by atoms with van der Waals surface area (Å²) in [6, 6.07) is 8.08. The second-order valence-electron chi connectivity index (χ2n) is 4.97. The average Bonchev–Trinajstić information content (AvgIpc) is 2.46. The maximum atomic E-state index is 6.03. The average molecular weight is 284 g/mol. The van der Waals surface area contributed by atoms with E-state index < -0.39 is 0 Å². The minimum absolute atomic E-state index is 0.513. The van der Waals surface area contributed by atoms with Crippen molar-refractivity contribution < 1.29 is 9.47 Å². The molecule has 1 saturated heterocycles. The van der Waals surface area contributed by atoms with Gasteiger partial charge >= 0.3 is 0 Å². The standard InChI is InChI=1S/C15H22ClNO2/c1-12(13-6-9-18-10-7-13)17-8-11-19-15-5-3-2-4-14(15)16/h2-5,12-13,17H,6-11H2,1H3/t12-/m0/s1. The summed E-state index contributed by atoms with van der Waals surface area (Å²) in [7, 11) is 0. The minimum atomic E-state index is 0.513. The molecule has 1 N–H and O–H groups in total. The van der Waals surface area contributed by atoms with Crippen molar-refractivity contribution in [2.75, 3.05) is 26.4 Å². The summed E-state index contributed by atoms with van der Waals surface area (Å²) in [5.74, 6) is 1.47. The lowest BCUT2D eigenvalue weighted by Gasteiger charge is -2.28. The first-order valence-corrected chi connectivity index (χ1v) is 7.33. The monoisotopic (exact) mass is 283 g/mol. The lowest BCUT2D eigenvalue weighted by atomic mass is 9.93. The third kappa shape index (κ3) is 4.68. The van der Waals surface area contributed by atoms with Gasteiger partial charge in [0.2, 0.25) is 0 Å². The molecule has 106 valence electrons. The first-order valence-electron chi connectivity index (χ1n) is 6.96. The van der Waals surface area contributed by atoms with Crippen LogP contribution in [0.25, 0.3) is 0 Å². The van der Waals surface area contributed by atoms with E-state index in [9.17, 15) is 0 Å². The van der Waals surface area contributed by atoms with Crippen LogP contribution in [0.3, 0.4) is 0 Å². The lowest BCUT2D eigenvalue weighted by Crippen LogP contribution is -2.38. The molecule has 0 spiro atoms. The molecule has 0 unspecified atom stereocenters. The summed E-state index contributed by atoms with van der Waals surface area (Å²) in [6.07, 6.45) is 2.30. The third-order valence-electron chi connectivity index (χ3n) is 3.64. The van der Waals surface area contributed by atoms with Crippen LogP contribution in [0, 0.1) is 5.92 Å². The van der Waals surface area contributed by atoms with Gasteiger partial charge in [0, 0.05) is 25.8 Å². The highest BCUT2D eigenvalue weighted by molar-refractivity contribution is 6.32. The molecule has 1 fully saturated rings. The van der Waals surface area contributed by atoms with Gasteiger partial charge in [-0.1, -0.05) is 23.7 Å². The van der Waals surface area contributed by atoms with E-state index in [2.05, 4.69) is 12.2 Å². The first kappa shape index (κ1) is 14.6. The summed E-state index contributed by atoms with van der Waals surface area (Å²) in [4.78, 5) is 0. The highest BCUT2D eigenvalue weighted by Gasteiger charge is 2.19. The van der Waals surface area contributed by atoms with E-state index in [1.165, 1.54) is 0 Å². The maximum Gasteiger partial charge on any atom is 0.137 e. The Bertz CT molecular complexity index is 380. The molecule has 1 aromatic rings. The van der Waals surface area contributed by atoms with Crippen LogP contribution < -0.4 is 10.1 Å². The second-order valence-corrected chi connectivity index (χ2v) is 5.38. The SMILES string of the molecule is C[C@H](NCCOc1ccccc1Cl)C1CCOCC1. The van der Waals surface area contributed by atoms with Gasteiger partial charge in [0.25, 0.3) is 0 Å². The third-order valence-corrected chi connectivity index (χ3v) is 3.95. The van der Waals surface area contributed by atoms with E-state index in [4.69, 9.17) is 21.1 Å². The fourth-order valence-electron chi connectivity index (χ4n) is 2.39. The van der Waals surface area contributed by atoms with Gasteiger partial charge in [0.15, 0.2) is 0 Å². The Morgan fingerprint density at radius 3 is 2.84 bits per heavy atom. The molecule has 0 saturated carbocycles. The molecule has 0 radical (unpaired) electrons. The lowest BCUT2D eigenvalue weighted by molar-refractivity contribution is 0.0556. The summed E-state index contributed by atoms with van der Waals surface area (Å²) in [6.45, 7) is 5.51. The quantitative estimate of drug-likeness (QED) is 0.814. The number of halogens is 1. The van der Waals surface area contributed by atoms with Gasteiger partial charge in [-0.15, -0.1) is 0 Å². The molecule has 0 aromatic heterocycles. The molecular formula is C15H22ClNO2. The highest BCUT2D eigenvalue weighted by Crippen LogP contribution is 2.23. The molecule has 2 rings (SSSR count). The van der Waals surface area contributed by atoms with Crippen molar-refractivity contribution >= 4 is 11.6 Å². The van der Waals surface area contributed by atoms with E-state index >= 15 is 0 Å². The normalized spacial score (nSPS) is 18.2. The van der Waals surface area contributed by atoms with Crippen molar-refractivity contribution in [2.24, 2.45) is 5.92 Å². The van der Waals surface area contributed by atoms with E-state index in [1.807, 2.05) is 24.3 Å². The largest absolute Gasteiger partial charge is 0.491 e. The molecule has 19 heavy (non-hydrogen) atoms. The molecule has 1 heterocycles. The van der Waals surface area contributed by atoms with Crippen molar-refractivity contribution in [3.8, 4) is 5.75 Å². The van der Waals surface area contributed by atoms with E-state index in [-0.39, 0.29) is 0 Å². The van der Waals surface area contributed by atoms with Crippen LogP contribution in [0.4, 0.5) is 0 Å². The summed E-state index contributed by atoms with van der Waals surface area (Å²) < 4.78 is 11.0. The molecule has 3 nitrogen and oxygen atoms in total. The fourth-order valence-corrected chi connectivity index (χ4v) is 2.58. The Morgan fingerprint density at radius 1 is 1.37 bits per heavy atom. The number of hydrogen-bond acceptors (Lipinski definition) is 3. The zero-order valence-electron chi connectivity index (χ0n) is 11.4. The topological polar surface area (TPSA) is 30.5 Å². The van der Waals surface area contributed by atoms with Crippen molar-refractivity contribution in [1.82, 2.24) is 5.32 Å². The molecular weight excluding hydrogens is 262 g/mol. The van der Waals surface area contributed by atoms with Crippen molar-refractivity contribution in [1.29, 1.82) is 0 Å². The number of nitrogens with one attached hydrogen (secondary N) is 1. The van der Waals surface area contributed by atoms with Crippen molar-refractivity contribution in [3.63, 3.8) is 0 Å². The zero-order valence-corrected chi connectivity index (χ0v) is 12.2. The zero-order chi connectivity index (χ0) is 13.5. The van der Waals surface area contributed by atoms with Gasteiger partial charge in [0.1, 0.15) is 12.4 Å². The summed E-state index contributed by atoms with van der Waals surface area (Å²) in [5.41, 5.74) is 0. The second kappa shape index (κ2) is 7.73. The molecule has 1 aromatic carbocycles. The Kier molecular flexibility index (Phi) is 5.95. The van der Waals surface area contributed by atoms with Crippen LogP contribution in [0.2, 0.25) is 5.02 Å². The fraction of sp³-hybridized carbons (Fsp3) is 0.600. The number of benzene rings is 1. The molecule has 0 amide bonds. The Morgan fingerprint density at radius 2 is 2.11 bits per heavy atom. The van der Waals surface area contributed by atoms with Gasteiger partial charge in [-0.3, -0.25) is 0 Å².